The molecule has 0 aromatic heterocycles. The summed E-state index contributed by atoms with van der Waals surface area (Å²) >= 11 is 0. The van der Waals surface area contributed by atoms with Crippen molar-refractivity contribution in [2.45, 2.75) is 38.1 Å². The van der Waals surface area contributed by atoms with Crippen LogP contribution in [0.5, 0.6) is 0 Å². The molecule has 0 aromatic rings. The SMILES string of the molecule is NON(N=O)C1CCCCC1. The Bertz CT molecular complexity index is 125. The van der Waals surface area contributed by atoms with E-state index in [1.807, 2.05) is 0 Å². The van der Waals surface area contributed by atoms with Gasteiger partial charge in [-0.2, -0.15) is 10.8 Å². The summed E-state index contributed by atoms with van der Waals surface area (Å²) in [6.07, 6.45) is 5.37. The first kappa shape index (κ1) is 8.42. The molecular formula is C6H13N3O2. The fourth-order valence-electron chi connectivity index (χ4n) is 1.47. The first-order chi connectivity index (χ1) is 5.38. The van der Waals surface area contributed by atoms with E-state index in [0.717, 1.165) is 30.9 Å². The predicted molar refractivity (Wildman–Crippen MR) is 39.8 cm³/mol. The zero-order valence-electron chi connectivity index (χ0n) is 6.40. The van der Waals surface area contributed by atoms with Crippen molar-refractivity contribution < 1.29 is 4.94 Å². The molecular weight excluding hydrogens is 146 g/mol. The van der Waals surface area contributed by atoms with Crippen LogP contribution in [0.25, 0.3) is 0 Å². The zero-order chi connectivity index (χ0) is 8.10. The molecule has 5 heteroatoms. The second-order valence-electron chi connectivity index (χ2n) is 2.78. The maximum atomic E-state index is 10.1. The molecule has 1 aliphatic rings. The normalized spacial score (nSPS) is 19.7. The first-order valence-corrected chi connectivity index (χ1v) is 3.88. The fourth-order valence-corrected chi connectivity index (χ4v) is 1.47. The summed E-state index contributed by atoms with van der Waals surface area (Å²) in [5.41, 5.74) is 0. The van der Waals surface area contributed by atoms with E-state index in [1.54, 1.807) is 0 Å². The van der Waals surface area contributed by atoms with Crippen molar-refractivity contribution in [2.75, 3.05) is 0 Å². The van der Waals surface area contributed by atoms with Crippen LogP contribution in [-0.4, -0.2) is 11.2 Å². The molecule has 0 heterocycles. The number of hydroxylamine groups is 1. The summed E-state index contributed by atoms with van der Waals surface area (Å²) in [7, 11) is 0. The van der Waals surface area contributed by atoms with Crippen molar-refractivity contribution in [3.05, 3.63) is 4.91 Å². The van der Waals surface area contributed by atoms with Crippen LogP contribution in [0.1, 0.15) is 32.1 Å². The zero-order valence-corrected chi connectivity index (χ0v) is 6.40. The van der Waals surface area contributed by atoms with Crippen molar-refractivity contribution in [3.63, 3.8) is 0 Å². The average Bonchev–Trinajstić information content (AvgIpc) is 2.09. The molecule has 11 heavy (non-hydrogen) atoms. The van der Waals surface area contributed by atoms with E-state index in [4.69, 9.17) is 5.90 Å². The van der Waals surface area contributed by atoms with Gasteiger partial charge in [0.25, 0.3) is 0 Å². The van der Waals surface area contributed by atoms with Gasteiger partial charge < -0.3 is 0 Å². The number of hydrogen-bond acceptors (Lipinski definition) is 4. The van der Waals surface area contributed by atoms with Crippen molar-refractivity contribution in [3.8, 4) is 0 Å². The van der Waals surface area contributed by atoms with E-state index in [0.29, 0.717) is 0 Å². The molecule has 0 radical (unpaired) electrons. The maximum Gasteiger partial charge on any atom is 0.0809 e. The van der Waals surface area contributed by atoms with Gasteiger partial charge in [-0.25, -0.2) is 0 Å². The summed E-state index contributed by atoms with van der Waals surface area (Å²) in [6, 6.07) is 0.0891. The van der Waals surface area contributed by atoms with Crippen LogP contribution in [0.4, 0.5) is 0 Å². The highest BCUT2D eigenvalue weighted by Crippen LogP contribution is 2.22. The van der Waals surface area contributed by atoms with Crippen LogP contribution >= 0.6 is 0 Å². The van der Waals surface area contributed by atoms with Gasteiger partial charge in [-0.15, -0.1) is 10.1 Å². The number of nitrogens with zero attached hydrogens (tertiary/aromatic N) is 2. The molecule has 1 fully saturated rings. The Morgan fingerprint density at radius 3 is 2.45 bits per heavy atom. The lowest BCUT2D eigenvalue weighted by molar-refractivity contribution is -0.198. The van der Waals surface area contributed by atoms with Crippen LogP contribution in [-0.2, 0) is 4.94 Å². The maximum absolute atomic E-state index is 10.1. The molecule has 0 atom stereocenters. The van der Waals surface area contributed by atoms with Crippen molar-refractivity contribution >= 4 is 0 Å². The summed E-state index contributed by atoms with van der Waals surface area (Å²) in [4.78, 5) is 14.4. The second kappa shape index (κ2) is 4.25. The molecule has 64 valence electrons. The summed E-state index contributed by atoms with van der Waals surface area (Å²) in [5.74, 6) is 4.85. The van der Waals surface area contributed by atoms with Gasteiger partial charge in [0.05, 0.1) is 11.3 Å². The van der Waals surface area contributed by atoms with E-state index in [-0.39, 0.29) is 6.04 Å². The average molecular weight is 159 g/mol. The van der Waals surface area contributed by atoms with Crippen LogP contribution in [0.3, 0.4) is 0 Å². The van der Waals surface area contributed by atoms with Gasteiger partial charge in [0.1, 0.15) is 0 Å². The molecule has 1 rings (SSSR count). The third kappa shape index (κ3) is 2.13. The van der Waals surface area contributed by atoms with Crippen molar-refractivity contribution in [2.24, 2.45) is 11.2 Å². The van der Waals surface area contributed by atoms with Crippen LogP contribution in [0.2, 0.25) is 0 Å². The Hall–Kier alpha value is -0.680. The minimum absolute atomic E-state index is 0.0891. The lowest BCUT2D eigenvalue weighted by Crippen LogP contribution is -2.34. The molecule has 5 nitrogen and oxygen atoms in total. The second-order valence-corrected chi connectivity index (χ2v) is 2.78. The van der Waals surface area contributed by atoms with Gasteiger partial charge in [-0.3, -0.25) is 0 Å². The van der Waals surface area contributed by atoms with Gasteiger partial charge in [0.15, 0.2) is 0 Å². The summed E-state index contributed by atoms with van der Waals surface area (Å²) in [5, 5.41) is 3.62. The van der Waals surface area contributed by atoms with Crippen molar-refractivity contribution in [1.82, 2.24) is 5.17 Å². The van der Waals surface area contributed by atoms with Gasteiger partial charge in [-0.05, 0) is 12.8 Å². The standard InChI is InChI=1S/C6H13N3O2/c7-11-9(8-10)6-4-2-1-3-5-6/h6H,1-5,7H2. The molecule has 0 bridgehead atoms. The van der Waals surface area contributed by atoms with Crippen LogP contribution in [0.15, 0.2) is 5.29 Å². The molecule has 0 saturated heterocycles. The van der Waals surface area contributed by atoms with E-state index >= 15 is 0 Å². The van der Waals surface area contributed by atoms with Gasteiger partial charge in [0, 0.05) is 0 Å². The molecule has 1 saturated carbocycles. The third-order valence-electron chi connectivity index (χ3n) is 2.08. The highest BCUT2D eigenvalue weighted by atomic mass is 16.8. The lowest BCUT2D eigenvalue weighted by atomic mass is 9.96. The van der Waals surface area contributed by atoms with Crippen molar-refractivity contribution in [1.29, 1.82) is 0 Å². The molecule has 0 spiro atoms. The Labute approximate surface area is 65.3 Å². The van der Waals surface area contributed by atoms with E-state index in [9.17, 15) is 4.91 Å². The highest BCUT2D eigenvalue weighted by Gasteiger charge is 2.21. The number of nitroso groups, excluding NO2 is 1. The smallest absolute Gasteiger partial charge is 0.0809 e. The lowest BCUT2D eigenvalue weighted by Gasteiger charge is -2.25. The van der Waals surface area contributed by atoms with Gasteiger partial charge in [-0.1, -0.05) is 19.3 Å². The number of rotatable bonds is 3. The van der Waals surface area contributed by atoms with Crippen LogP contribution < -0.4 is 5.90 Å². The molecule has 2 N–H and O–H groups in total. The Morgan fingerprint density at radius 2 is 2.00 bits per heavy atom. The van der Waals surface area contributed by atoms with Crippen LogP contribution in [0, 0.1) is 4.91 Å². The molecule has 0 aliphatic heterocycles. The minimum atomic E-state index is 0.0891. The fraction of sp³-hybridized carbons (Fsp3) is 1.00. The molecule has 1 aliphatic carbocycles. The predicted octanol–water partition coefficient (Wildman–Crippen LogP) is 1.11. The van der Waals surface area contributed by atoms with Gasteiger partial charge in [0.2, 0.25) is 0 Å². The highest BCUT2D eigenvalue weighted by molar-refractivity contribution is 4.69. The third-order valence-corrected chi connectivity index (χ3v) is 2.08. The Kier molecular flexibility index (Phi) is 3.25. The monoisotopic (exact) mass is 159 g/mol. The molecule has 0 amide bonds. The minimum Gasteiger partial charge on any atom is -0.188 e. The van der Waals surface area contributed by atoms with Gasteiger partial charge >= 0.3 is 0 Å². The number of hydrogen-bond donors (Lipinski definition) is 1. The van der Waals surface area contributed by atoms with E-state index in [2.05, 4.69) is 10.2 Å². The topological polar surface area (TPSA) is 67.9 Å². The quantitative estimate of drug-likeness (QED) is 0.494. The molecule has 0 aromatic carbocycles. The summed E-state index contributed by atoms with van der Waals surface area (Å²) < 4.78 is 0. The number of nitrogens with two attached hydrogens (primary N) is 1. The van der Waals surface area contributed by atoms with E-state index < -0.39 is 0 Å². The Morgan fingerprint density at radius 1 is 1.36 bits per heavy atom. The molecule has 0 unspecified atom stereocenters. The first-order valence-electron chi connectivity index (χ1n) is 3.88. The largest absolute Gasteiger partial charge is 0.188 e. The Balaban J connectivity index is 2.35. The van der Waals surface area contributed by atoms with E-state index in [1.165, 1.54) is 6.42 Å². The summed E-state index contributed by atoms with van der Waals surface area (Å²) in [6.45, 7) is 0.